The maximum atomic E-state index is 5.26. The van der Waals surface area contributed by atoms with E-state index in [1.54, 1.807) is 6.26 Å². The zero-order valence-corrected chi connectivity index (χ0v) is 8.07. The van der Waals surface area contributed by atoms with Crippen LogP contribution in [0.25, 0.3) is 0 Å². The molecule has 74 valence electrons. The summed E-state index contributed by atoms with van der Waals surface area (Å²) in [6.45, 7) is 4.41. The van der Waals surface area contributed by atoms with Crippen molar-refractivity contribution in [2.45, 2.75) is 20.4 Å². The lowest BCUT2D eigenvalue weighted by Crippen LogP contribution is -2.00. The molecule has 1 N–H and O–H groups in total. The van der Waals surface area contributed by atoms with Crippen LogP contribution >= 0.6 is 0 Å². The van der Waals surface area contributed by atoms with Crippen LogP contribution < -0.4 is 5.32 Å². The summed E-state index contributed by atoms with van der Waals surface area (Å²) in [4.78, 5) is 0. The van der Waals surface area contributed by atoms with E-state index in [4.69, 9.17) is 4.42 Å². The molecule has 0 amide bonds. The second kappa shape index (κ2) is 3.53. The SMILES string of the molecule is Cc1ccoc1CNc1nonc1C. The Morgan fingerprint density at radius 1 is 1.36 bits per heavy atom. The molecule has 0 aromatic carbocycles. The minimum atomic E-state index is 0.591. The third-order valence-electron chi connectivity index (χ3n) is 2.04. The van der Waals surface area contributed by atoms with Gasteiger partial charge in [0.25, 0.3) is 0 Å². The lowest BCUT2D eigenvalue weighted by atomic mass is 10.3. The van der Waals surface area contributed by atoms with Crippen molar-refractivity contribution in [1.29, 1.82) is 0 Å². The molecule has 0 unspecified atom stereocenters. The highest BCUT2D eigenvalue weighted by Crippen LogP contribution is 2.12. The van der Waals surface area contributed by atoms with Gasteiger partial charge in [0.05, 0.1) is 12.8 Å². The highest BCUT2D eigenvalue weighted by molar-refractivity contribution is 5.37. The van der Waals surface area contributed by atoms with Gasteiger partial charge in [0, 0.05) is 0 Å². The lowest BCUT2D eigenvalue weighted by Gasteiger charge is -2.00. The fraction of sp³-hybridized carbons (Fsp3) is 0.333. The Morgan fingerprint density at radius 2 is 2.21 bits per heavy atom. The number of aromatic nitrogens is 2. The lowest BCUT2D eigenvalue weighted by molar-refractivity contribution is 0.306. The topological polar surface area (TPSA) is 64.1 Å². The van der Waals surface area contributed by atoms with Crippen molar-refractivity contribution in [3.05, 3.63) is 29.3 Å². The van der Waals surface area contributed by atoms with Gasteiger partial charge in [-0.05, 0) is 30.6 Å². The van der Waals surface area contributed by atoms with Crippen molar-refractivity contribution in [1.82, 2.24) is 10.3 Å². The molecule has 5 heteroatoms. The summed E-state index contributed by atoms with van der Waals surface area (Å²) in [7, 11) is 0. The largest absolute Gasteiger partial charge is 0.467 e. The van der Waals surface area contributed by atoms with E-state index >= 15 is 0 Å². The number of furan rings is 1. The van der Waals surface area contributed by atoms with Crippen LogP contribution in [0.3, 0.4) is 0 Å². The van der Waals surface area contributed by atoms with Crippen LogP contribution in [-0.4, -0.2) is 10.3 Å². The smallest absolute Gasteiger partial charge is 0.194 e. The van der Waals surface area contributed by atoms with Crippen molar-refractivity contribution in [2.24, 2.45) is 0 Å². The average Bonchev–Trinajstić information content (AvgIpc) is 2.72. The Labute approximate surface area is 81.1 Å². The molecule has 2 rings (SSSR count). The molecule has 0 fully saturated rings. The van der Waals surface area contributed by atoms with Gasteiger partial charge in [0.15, 0.2) is 5.82 Å². The first-order chi connectivity index (χ1) is 6.77. The summed E-state index contributed by atoms with van der Waals surface area (Å²) in [5.74, 6) is 1.55. The molecule has 0 saturated heterocycles. The summed E-state index contributed by atoms with van der Waals surface area (Å²) in [6.07, 6.45) is 1.67. The Morgan fingerprint density at radius 3 is 2.79 bits per heavy atom. The van der Waals surface area contributed by atoms with Gasteiger partial charge < -0.3 is 9.73 Å². The van der Waals surface area contributed by atoms with Crippen molar-refractivity contribution >= 4 is 5.82 Å². The first kappa shape index (κ1) is 8.80. The van der Waals surface area contributed by atoms with Gasteiger partial charge in [0.1, 0.15) is 11.5 Å². The standard InChI is InChI=1S/C9H11N3O2/c1-6-3-4-13-8(6)5-10-9-7(2)11-14-12-9/h3-4H,5H2,1-2H3,(H,10,12). The quantitative estimate of drug-likeness (QED) is 0.806. The molecule has 2 aromatic heterocycles. The van der Waals surface area contributed by atoms with Crippen molar-refractivity contribution < 1.29 is 9.05 Å². The minimum Gasteiger partial charge on any atom is -0.467 e. The number of hydrogen-bond donors (Lipinski definition) is 1. The van der Waals surface area contributed by atoms with E-state index in [-0.39, 0.29) is 0 Å². The third-order valence-corrected chi connectivity index (χ3v) is 2.04. The summed E-state index contributed by atoms with van der Waals surface area (Å²) in [5.41, 5.74) is 1.86. The van der Waals surface area contributed by atoms with Gasteiger partial charge in [-0.2, -0.15) is 0 Å². The number of aryl methyl sites for hydroxylation is 2. The molecule has 2 aromatic rings. The molecule has 0 radical (unpaired) electrons. The maximum absolute atomic E-state index is 5.26. The van der Waals surface area contributed by atoms with Gasteiger partial charge in [-0.3, -0.25) is 0 Å². The van der Waals surface area contributed by atoms with Crippen LogP contribution in [0.4, 0.5) is 5.82 Å². The van der Waals surface area contributed by atoms with Crippen LogP contribution in [0.15, 0.2) is 21.4 Å². The van der Waals surface area contributed by atoms with Gasteiger partial charge in [0.2, 0.25) is 0 Å². The van der Waals surface area contributed by atoms with Crippen LogP contribution in [0.2, 0.25) is 0 Å². The number of nitrogens with one attached hydrogen (secondary N) is 1. The normalized spacial score (nSPS) is 10.4. The molecule has 2 heterocycles. The van der Waals surface area contributed by atoms with E-state index in [1.807, 2.05) is 19.9 Å². The number of rotatable bonds is 3. The van der Waals surface area contributed by atoms with Crippen molar-refractivity contribution in [3.8, 4) is 0 Å². The van der Waals surface area contributed by atoms with E-state index in [1.165, 1.54) is 0 Å². The second-order valence-electron chi connectivity index (χ2n) is 3.08. The first-order valence-corrected chi connectivity index (χ1v) is 4.33. The summed E-state index contributed by atoms with van der Waals surface area (Å²) in [5, 5.41) is 10.4. The molecule has 0 aliphatic rings. The van der Waals surface area contributed by atoms with Crippen LogP contribution in [0, 0.1) is 13.8 Å². The monoisotopic (exact) mass is 193 g/mol. The molecule has 14 heavy (non-hydrogen) atoms. The van der Waals surface area contributed by atoms with Gasteiger partial charge in [-0.15, -0.1) is 0 Å². The van der Waals surface area contributed by atoms with Crippen LogP contribution in [-0.2, 0) is 6.54 Å². The Balaban J connectivity index is 2.02. The van der Waals surface area contributed by atoms with Gasteiger partial charge in [-0.25, -0.2) is 4.63 Å². The summed E-state index contributed by atoms with van der Waals surface area (Å²) < 4.78 is 9.81. The van der Waals surface area contributed by atoms with E-state index in [2.05, 4.69) is 20.3 Å². The maximum Gasteiger partial charge on any atom is 0.194 e. The number of nitrogens with zero attached hydrogens (tertiary/aromatic N) is 2. The molecule has 0 atom stereocenters. The van der Waals surface area contributed by atoms with Crippen molar-refractivity contribution in [2.75, 3.05) is 5.32 Å². The Kier molecular flexibility index (Phi) is 2.22. The second-order valence-corrected chi connectivity index (χ2v) is 3.08. The van der Waals surface area contributed by atoms with E-state index in [0.717, 1.165) is 17.0 Å². The molecule has 0 bridgehead atoms. The molecule has 5 nitrogen and oxygen atoms in total. The fourth-order valence-electron chi connectivity index (χ4n) is 1.14. The first-order valence-electron chi connectivity index (χ1n) is 4.33. The number of hydrogen-bond acceptors (Lipinski definition) is 5. The molecular formula is C9H11N3O2. The summed E-state index contributed by atoms with van der Waals surface area (Å²) in [6, 6.07) is 1.92. The van der Waals surface area contributed by atoms with Crippen molar-refractivity contribution in [3.63, 3.8) is 0 Å². The highest BCUT2D eigenvalue weighted by Gasteiger charge is 2.06. The van der Waals surface area contributed by atoms with E-state index in [9.17, 15) is 0 Å². The molecule has 0 aliphatic heterocycles. The molecule has 0 saturated carbocycles. The Hall–Kier alpha value is -1.78. The third kappa shape index (κ3) is 1.61. The summed E-state index contributed by atoms with van der Waals surface area (Å²) >= 11 is 0. The highest BCUT2D eigenvalue weighted by atomic mass is 16.6. The molecular weight excluding hydrogens is 182 g/mol. The van der Waals surface area contributed by atoms with Crippen LogP contribution in [0.1, 0.15) is 17.0 Å². The van der Waals surface area contributed by atoms with E-state index in [0.29, 0.717) is 12.4 Å². The fourth-order valence-corrected chi connectivity index (χ4v) is 1.14. The van der Waals surface area contributed by atoms with Crippen LogP contribution in [0.5, 0.6) is 0 Å². The predicted octanol–water partition coefficient (Wildman–Crippen LogP) is 1.89. The molecule has 0 spiro atoms. The van der Waals surface area contributed by atoms with Gasteiger partial charge >= 0.3 is 0 Å². The zero-order chi connectivity index (χ0) is 9.97. The minimum absolute atomic E-state index is 0.591. The van der Waals surface area contributed by atoms with Gasteiger partial charge in [-0.1, -0.05) is 5.16 Å². The average molecular weight is 193 g/mol. The zero-order valence-electron chi connectivity index (χ0n) is 8.07. The Bertz CT molecular complexity index is 379. The number of anilines is 1. The van der Waals surface area contributed by atoms with E-state index < -0.39 is 0 Å². The molecule has 0 aliphatic carbocycles. The predicted molar refractivity (Wildman–Crippen MR) is 49.8 cm³/mol.